The van der Waals surface area contributed by atoms with Gasteiger partial charge in [-0.15, -0.1) is 11.6 Å². The summed E-state index contributed by atoms with van der Waals surface area (Å²) < 4.78 is 6.22. The van der Waals surface area contributed by atoms with Crippen LogP contribution in [0.2, 0.25) is 0 Å². The van der Waals surface area contributed by atoms with E-state index >= 15 is 0 Å². The topological polar surface area (TPSA) is 9.23 Å². The molecule has 17 heavy (non-hydrogen) atoms. The molecular formula is C14H18BrClO. The van der Waals surface area contributed by atoms with E-state index in [1.807, 2.05) is 6.07 Å². The van der Waals surface area contributed by atoms with Gasteiger partial charge in [-0.1, -0.05) is 25.3 Å². The minimum atomic E-state index is 0.137. The van der Waals surface area contributed by atoms with Crippen molar-refractivity contribution in [1.29, 1.82) is 0 Å². The lowest BCUT2D eigenvalue weighted by molar-refractivity contribution is 0.348. The van der Waals surface area contributed by atoms with Crippen molar-refractivity contribution in [1.82, 2.24) is 0 Å². The maximum Gasteiger partial charge on any atom is 0.133 e. The van der Waals surface area contributed by atoms with Gasteiger partial charge in [0.1, 0.15) is 5.75 Å². The van der Waals surface area contributed by atoms with Crippen molar-refractivity contribution in [2.45, 2.75) is 37.5 Å². The minimum absolute atomic E-state index is 0.137. The van der Waals surface area contributed by atoms with E-state index < -0.39 is 0 Å². The third-order valence-electron chi connectivity index (χ3n) is 3.56. The summed E-state index contributed by atoms with van der Waals surface area (Å²) in [5.74, 6) is 1.49. The molecule has 3 heteroatoms. The van der Waals surface area contributed by atoms with E-state index in [1.165, 1.54) is 37.7 Å². The summed E-state index contributed by atoms with van der Waals surface area (Å²) in [6, 6.07) is 6.15. The van der Waals surface area contributed by atoms with Crippen LogP contribution in [0.5, 0.6) is 5.75 Å². The predicted octanol–water partition coefficient (Wildman–Crippen LogP) is 5.32. The number of alkyl halides is 1. The van der Waals surface area contributed by atoms with Gasteiger partial charge in [0.15, 0.2) is 0 Å². The smallest absolute Gasteiger partial charge is 0.133 e. The van der Waals surface area contributed by atoms with Gasteiger partial charge in [0, 0.05) is 0 Å². The highest BCUT2D eigenvalue weighted by atomic mass is 79.9. The molecule has 1 unspecified atom stereocenters. The lowest BCUT2D eigenvalue weighted by atomic mass is 9.84. The molecular weight excluding hydrogens is 300 g/mol. The fourth-order valence-corrected chi connectivity index (χ4v) is 3.50. The zero-order chi connectivity index (χ0) is 12.3. The van der Waals surface area contributed by atoms with E-state index in [9.17, 15) is 0 Å². The zero-order valence-corrected chi connectivity index (χ0v) is 12.4. The monoisotopic (exact) mass is 316 g/mol. The van der Waals surface area contributed by atoms with Crippen molar-refractivity contribution in [3.8, 4) is 5.75 Å². The van der Waals surface area contributed by atoms with Crippen LogP contribution in [0.3, 0.4) is 0 Å². The molecule has 0 heterocycles. The van der Waals surface area contributed by atoms with E-state index in [1.54, 1.807) is 7.11 Å². The standard InChI is InChI=1S/C14H18BrClO/c1-17-13-8-7-11(9-12(13)15)14(16)10-5-3-2-4-6-10/h7-10,14H,2-6H2,1H3. The Balaban J connectivity index is 2.12. The summed E-state index contributed by atoms with van der Waals surface area (Å²) in [7, 11) is 1.68. The molecule has 1 nitrogen and oxygen atoms in total. The fraction of sp³-hybridized carbons (Fsp3) is 0.571. The van der Waals surface area contributed by atoms with Crippen LogP contribution < -0.4 is 4.74 Å². The van der Waals surface area contributed by atoms with Crippen LogP contribution in [0.15, 0.2) is 22.7 Å². The highest BCUT2D eigenvalue weighted by Crippen LogP contribution is 2.40. The summed E-state index contributed by atoms with van der Waals surface area (Å²) in [5.41, 5.74) is 1.20. The van der Waals surface area contributed by atoms with Crippen LogP contribution >= 0.6 is 27.5 Å². The van der Waals surface area contributed by atoms with Crippen LogP contribution in [-0.4, -0.2) is 7.11 Å². The van der Waals surface area contributed by atoms with Crippen molar-refractivity contribution in [2.24, 2.45) is 5.92 Å². The third kappa shape index (κ3) is 3.17. The number of benzene rings is 1. The lowest BCUT2D eigenvalue weighted by Gasteiger charge is -2.26. The van der Waals surface area contributed by atoms with Crippen LogP contribution in [-0.2, 0) is 0 Å². The van der Waals surface area contributed by atoms with E-state index in [4.69, 9.17) is 16.3 Å². The van der Waals surface area contributed by atoms with Crippen LogP contribution in [0, 0.1) is 5.92 Å². The van der Waals surface area contributed by atoms with Crippen molar-refractivity contribution in [3.05, 3.63) is 28.2 Å². The molecule has 1 aromatic carbocycles. The first-order valence-corrected chi connectivity index (χ1v) is 7.43. The van der Waals surface area contributed by atoms with Gasteiger partial charge in [-0.3, -0.25) is 0 Å². The highest BCUT2D eigenvalue weighted by molar-refractivity contribution is 9.10. The zero-order valence-electron chi connectivity index (χ0n) is 10.1. The van der Waals surface area contributed by atoms with Crippen molar-refractivity contribution in [2.75, 3.05) is 7.11 Å². The largest absolute Gasteiger partial charge is 0.496 e. The third-order valence-corrected chi connectivity index (χ3v) is 4.79. The van der Waals surface area contributed by atoms with E-state index in [-0.39, 0.29) is 5.38 Å². The van der Waals surface area contributed by atoms with Gasteiger partial charge in [-0.25, -0.2) is 0 Å². The molecule has 0 saturated heterocycles. The van der Waals surface area contributed by atoms with E-state index in [0.29, 0.717) is 5.92 Å². The molecule has 0 aliphatic heterocycles. The maximum absolute atomic E-state index is 6.59. The summed E-state index contributed by atoms with van der Waals surface area (Å²) in [6.45, 7) is 0. The number of ether oxygens (including phenoxy) is 1. The number of hydrogen-bond acceptors (Lipinski definition) is 1. The first kappa shape index (κ1) is 13.2. The predicted molar refractivity (Wildman–Crippen MR) is 75.9 cm³/mol. The minimum Gasteiger partial charge on any atom is -0.496 e. The Hall–Kier alpha value is -0.210. The Morgan fingerprint density at radius 1 is 1.29 bits per heavy atom. The summed E-state index contributed by atoms with van der Waals surface area (Å²) in [5, 5.41) is 0.137. The average molecular weight is 318 g/mol. The molecule has 1 atom stereocenters. The molecule has 0 N–H and O–H groups in total. The highest BCUT2D eigenvalue weighted by Gasteiger charge is 2.23. The Bertz CT molecular complexity index is 374. The summed E-state index contributed by atoms with van der Waals surface area (Å²) in [6.07, 6.45) is 6.54. The molecule has 1 saturated carbocycles. The van der Waals surface area contributed by atoms with Gasteiger partial charge in [-0.2, -0.15) is 0 Å². The molecule has 1 aliphatic rings. The number of hydrogen-bond donors (Lipinski definition) is 0. The Labute approximate surface area is 117 Å². The first-order valence-electron chi connectivity index (χ1n) is 6.20. The van der Waals surface area contributed by atoms with Gasteiger partial charge in [-0.05, 0) is 52.4 Å². The molecule has 0 bridgehead atoms. The molecule has 2 rings (SSSR count). The van der Waals surface area contributed by atoms with Crippen LogP contribution in [0.1, 0.15) is 43.0 Å². The lowest BCUT2D eigenvalue weighted by Crippen LogP contribution is -2.12. The number of halogens is 2. The maximum atomic E-state index is 6.59. The molecule has 0 aromatic heterocycles. The second-order valence-corrected chi connectivity index (χ2v) is 6.02. The Morgan fingerprint density at radius 2 is 2.00 bits per heavy atom. The average Bonchev–Trinajstić information content (AvgIpc) is 2.39. The van der Waals surface area contributed by atoms with Gasteiger partial charge >= 0.3 is 0 Å². The van der Waals surface area contributed by atoms with E-state index in [2.05, 4.69) is 28.1 Å². The summed E-state index contributed by atoms with van der Waals surface area (Å²) in [4.78, 5) is 0. The first-order chi connectivity index (χ1) is 8.22. The SMILES string of the molecule is COc1ccc(C(Cl)C2CCCCC2)cc1Br. The molecule has 0 radical (unpaired) electrons. The van der Waals surface area contributed by atoms with Crippen molar-refractivity contribution in [3.63, 3.8) is 0 Å². The van der Waals surface area contributed by atoms with Crippen LogP contribution in [0.25, 0.3) is 0 Å². The number of methoxy groups -OCH3 is 1. The van der Waals surface area contributed by atoms with Gasteiger partial charge in [0.05, 0.1) is 17.0 Å². The second-order valence-electron chi connectivity index (χ2n) is 4.69. The van der Waals surface area contributed by atoms with Crippen LogP contribution in [0.4, 0.5) is 0 Å². The Morgan fingerprint density at radius 3 is 2.59 bits per heavy atom. The normalized spacial score (nSPS) is 19.0. The van der Waals surface area contributed by atoms with E-state index in [0.717, 1.165) is 10.2 Å². The van der Waals surface area contributed by atoms with Gasteiger partial charge < -0.3 is 4.74 Å². The Kier molecular flexibility index (Phi) is 4.75. The van der Waals surface area contributed by atoms with Gasteiger partial charge in [0.2, 0.25) is 0 Å². The molecule has 94 valence electrons. The molecule has 1 aromatic rings. The molecule has 0 spiro atoms. The molecule has 0 amide bonds. The quantitative estimate of drug-likeness (QED) is 0.686. The number of rotatable bonds is 3. The van der Waals surface area contributed by atoms with Gasteiger partial charge in [0.25, 0.3) is 0 Å². The second kappa shape index (κ2) is 6.10. The summed E-state index contributed by atoms with van der Waals surface area (Å²) >= 11 is 10.1. The van der Waals surface area contributed by atoms with Crippen molar-refractivity contribution >= 4 is 27.5 Å². The molecule has 1 fully saturated rings. The molecule has 1 aliphatic carbocycles. The fourth-order valence-electron chi connectivity index (χ4n) is 2.55. The van der Waals surface area contributed by atoms with Crippen molar-refractivity contribution < 1.29 is 4.74 Å².